The maximum absolute atomic E-state index is 13.5. The lowest BCUT2D eigenvalue weighted by Gasteiger charge is -2.24. The molecule has 0 saturated carbocycles. The van der Waals surface area contributed by atoms with E-state index in [4.69, 9.17) is 28.8 Å². The summed E-state index contributed by atoms with van der Waals surface area (Å²) in [5.41, 5.74) is 5.32. The van der Waals surface area contributed by atoms with Gasteiger partial charge in [0.1, 0.15) is 29.5 Å². The maximum atomic E-state index is 13.5. The summed E-state index contributed by atoms with van der Waals surface area (Å²) in [4.78, 5) is 30.7. The van der Waals surface area contributed by atoms with E-state index in [2.05, 4.69) is 15.8 Å². The molecule has 0 bridgehead atoms. The van der Waals surface area contributed by atoms with Crippen LogP contribution < -0.4 is 25.1 Å². The highest BCUT2D eigenvalue weighted by Crippen LogP contribution is 2.29. The minimum Gasteiger partial charge on any atom is -0.497 e. The van der Waals surface area contributed by atoms with Crippen LogP contribution in [0.15, 0.2) is 47.5 Å². The quantitative estimate of drug-likeness (QED) is 0.167. The minimum atomic E-state index is -1.33. The summed E-state index contributed by atoms with van der Waals surface area (Å²) in [5, 5.41) is 8.93. The lowest BCUT2D eigenvalue weighted by molar-refractivity contribution is -0.155. The Hall–Kier alpha value is -3.83. The van der Waals surface area contributed by atoms with Crippen LogP contribution in [0.3, 0.4) is 0 Å². The highest BCUT2D eigenvalue weighted by molar-refractivity contribution is 6.00. The second-order valence-electron chi connectivity index (χ2n) is 10.6. The molecule has 1 aliphatic heterocycles. The fourth-order valence-electron chi connectivity index (χ4n) is 4.14. The van der Waals surface area contributed by atoms with E-state index in [1.54, 1.807) is 59.3 Å². The number of methoxy groups -OCH3 is 2. The number of aliphatic hydroxyl groups is 1. The molecule has 1 aliphatic rings. The lowest BCUT2D eigenvalue weighted by Crippen LogP contribution is -2.52. The zero-order chi connectivity index (χ0) is 29.9. The number of rotatable bonds is 15. The van der Waals surface area contributed by atoms with Crippen molar-refractivity contribution in [2.75, 3.05) is 40.6 Å². The van der Waals surface area contributed by atoms with Crippen molar-refractivity contribution in [3.63, 3.8) is 0 Å². The smallest absolute Gasteiger partial charge is 0.306 e. The van der Waals surface area contributed by atoms with Gasteiger partial charge in [0.2, 0.25) is 5.90 Å². The van der Waals surface area contributed by atoms with Crippen LogP contribution in [-0.4, -0.2) is 74.6 Å². The molecule has 3 rings (SSSR count). The van der Waals surface area contributed by atoms with Crippen LogP contribution in [0, 0.1) is 0 Å². The van der Waals surface area contributed by atoms with E-state index in [1.165, 1.54) is 0 Å². The Balaban J connectivity index is 1.70. The summed E-state index contributed by atoms with van der Waals surface area (Å²) >= 11 is 0. The van der Waals surface area contributed by atoms with E-state index in [0.29, 0.717) is 49.0 Å². The van der Waals surface area contributed by atoms with Gasteiger partial charge in [-0.25, -0.2) is 10.4 Å². The van der Waals surface area contributed by atoms with Gasteiger partial charge in [0.25, 0.3) is 5.91 Å². The average Bonchev–Trinajstić information content (AvgIpc) is 3.39. The molecule has 0 saturated heterocycles. The Morgan fingerprint density at radius 2 is 1.80 bits per heavy atom. The SMILES string of the molecule is COc1ccc(OC)c(CCNNC(=O)[C@]2(CCC(=O)OC(C)(C)C)COC(c3ccc(OCCCO)cc3)=N2)c1. The molecule has 1 heterocycles. The number of aliphatic imine (C=N–C) groups is 1. The summed E-state index contributed by atoms with van der Waals surface area (Å²) in [7, 11) is 3.20. The van der Waals surface area contributed by atoms with E-state index >= 15 is 0 Å². The van der Waals surface area contributed by atoms with Crippen molar-refractivity contribution < 1.29 is 38.4 Å². The van der Waals surface area contributed by atoms with Crippen LogP contribution in [-0.2, 0) is 25.5 Å². The lowest BCUT2D eigenvalue weighted by atomic mass is 9.94. The Labute approximate surface area is 241 Å². The van der Waals surface area contributed by atoms with Crippen LogP contribution in [0.1, 0.15) is 51.2 Å². The molecular weight excluding hydrogens is 530 g/mol. The van der Waals surface area contributed by atoms with Crippen molar-refractivity contribution in [3.05, 3.63) is 53.6 Å². The summed E-state index contributed by atoms with van der Waals surface area (Å²) < 4.78 is 27.6. The molecule has 224 valence electrons. The fourth-order valence-corrected chi connectivity index (χ4v) is 4.14. The van der Waals surface area contributed by atoms with Gasteiger partial charge in [-0.2, -0.15) is 0 Å². The maximum Gasteiger partial charge on any atom is 0.306 e. The molecule has 41 heavy (non-hydrogen) atoms. The number of hydrogen-bond acceptors (Lipinski definition) is 10. The van der Waals surface area contributed by atoms with Crippen molar-refractivity contribution in [3.8, 4) is 17.2 Å². The third-order valence-electron chi connectivity index (χ3n) is 6.23. The first-order chi connectivity index (χ1) is 19.6. The van der Waals surface area contributed by atoms with Gasteiger partial charge < -0.3 is 28.8 Å². The number of carbonyl (C=O) groups excluding carboxylic acids is 2. The first kappa shape index (κ1) is 31.7. The van der Waals surface area contributed by atoms with Gasteiger partial charge in [-0.15, -0.1) is 0 Å². The van der Waals surface area contributed by atoms with E-state index in [0.717, 1.165) is 11.3 Å². The monoisotopic (exact) mass is 571 g/mol. The van der Waals surface area contributed by atoms with E-state index in [9.17, 15) is 9.59 Å². The second-order valence-corrected chi connectivity index (χ2v) is 10.6. The predicted octanol–water partition coefficient (Wildman–Crippen LogP) is 2.97. The molecule has 0 unspecified atom stereocenters. The normalized spacial score (nSPS) is 16.4. The molecule has 11 heteroatoms. The number of ether oxygens (including phenoxy) is 5. The Bertz CT molecular complexity index is 1190. The van der Waals surface area contributed by atoms with Crippen LogP contribution in [0.5, 0.6) is 17.2 Å². The molecule has 3 N–H and O–H groups in total. The molecule has 2 aromatic carbocycles. The van der Waals surface area contributed by atoms with Gasteiger partial charge in [-0.1, -0.05) is 0 Å². The third kappa shape index (κ3) is 9.36. The molecule has 0 radical (unpaired) electrons. The largest absolute Gasteiger partial charge is 0.497 e. The number of hydrogen-bond donors (Lipinski definition) is 3. The van der Waals surface area contributed by atoms with Gasteiger partial charge in [0.15, 0.2) is 5.54 Å². The number of benzene rings is 2. The first-order valence-electron chi connectivity index (χ1n) is 13.6. The highest BCUT2D eigenvalue weighted by atomic mass is 16.6. The molecule has 1 amide bonds. The molecule has 11 nitrogen and oxygen atoms in total. The zero-order valence-corrected chi connectivity index (χ0v) is 24.5. The number of nitrogens with zero attached hydrogens (tertiary/aromatic N) is 1. The molecule has 0 spiro atoms. The van der Waals surface area contributed by atoms with Gasteiger partial charge in [0.05, 0.1) is 20.8 Å². The van der Waals surface area contributed by atoms with Crippen molar-refractivity contribution in [2.45, 2.75) is 57.6 Å². The molecule has 2 aromatic rings. The van der Waals surface area contributed by atoms with Crippen LogP contribution in [0.4, 0.5) is 0 Å². The molecule has 0 aliphatic carbocycles. The summed E-state index contributed by atoms with van der Waals surface area (Å²) in [5.74, 6) is 1.53. The average molecular weight is 572 g/mol. The van der Waals surface area contributed by atoms with E-state index in [-0.39, 0.29) is 26.1 Å². The zero-order valence-electron chi connectivity index (χ0n) is 24.5. The standard InChI is InChI=1S/C30H41N3O8/c1-29(2,3)41-26(35)13-15-30(20-40-27(32-30)21-7-9-23(10-8-21)39-18-6-17-34)28(36)33-31-16-14-22-19-24(37-4)11-12-25(22)38-5/h7-12,19,31,34H,6,13-18,20H2,1-5H3,(H,33,36)/t30-/m0/s1. The molecular formula is C30H41N3O8. The summed E-state index contributed by atoms with van der Waals surface area (Å²) in [6.45, 7) is 6.21. The summed E-state index contributed by atoms with van der Waals surface area (Å²) in [6, 6.07) is 12.7. The summed E-state index contributed by atoms with van der Waals surface area (Å²) in [6.07, 6.45) is 1.19. The number of amides is 1. The fraction of sp³-hybridized carbons (Fsp3) is 0.500. The van der Waals surface area contributed by atoms with E-state index < -0.39 is 23.0 Å². The highest BCUT2D eigenvalue weighted by Gasteiger charge is 2.45. The number of aliphatic hydroxyl groups excluding tert-OH is 1. The minimum absolute atomic E-state index is 0.0104. The Kier molecular flexibility index (Phi) is 11.4. The van der Waals surface area contributed by atoms with Gasteiger partial charge in [-0.05, 0) is 81.6 Å². The first-order valence-corrected chi connectivity index (χ1v) is 13.6. The van der Waals surface area contributed by atoms with E-state index in [1.807, 2.05) is 18.2 Å². The number of hydrazine groups is 1. The van der Waals surface area contributed by atoms with Crippen molar-refractivity contribution in [1.29, 1.82) is 0 Å². The van der Waals surface area contributed by atoms with Crippen molar-refractivity contribution in [1.82, 2.24) is 10.9 Å². The topological polar surface area (TPSA) is 137 Å². The number of nitrogens with one attached hydrogen (secondary N) is 2. The van der Waals surface area contributed by atoms with Crippen LogP contribution in [0.25, 0.3) is 0 Å². The van der Waals surface area contributed by atoms with Gasteiger partial charge in [-0.3, -0.25) is 15.0 Å². The second kappa shape index (κ2) is 14.7. The van der Waals surface area contributed by atoms with Crippen LogP contribution in [0.2, 0.25) is 0 Å². The molecule has 0 fully saturated rings. The van der Waals surface area contributed by atoms with Crippen LogP contribution >= 0.6 is 0 Å². The molecule has 1 atom stereocenters. The number of esters is 1. The number of carbonyl (C=O) groups is 2. The third-order valence-corrected chi connectivity index (χ3v) is 6.23. The Morgan fingerprint density at radius 1 is 1.07 bits per heavy atom. The Morgan fingerprint density at radius 3 is 2.46 bits per heavy atom. The van der Waals surface area contributed by atoms with Crippen molar-refractivity contribution >= 4 is 17.8 Å². The van der Waals surface area contributed by atoms with Gasteiger partial charge >= 0.3 is 5.97 Å². The predicted molar refractivity (Wildman–Crippen MR) is 153 cm³/mol. The molecule has 0 aromatic heterocycles. The van der Waals surface area contributed by atoms with Gasteiger partial charge in [0, 0.05) is 31.6 Å². The van der Waals surface area contributed by atoms with Crippen molar-refractivity contribution in [2.24, 2.45) is 4.99 Å².